The van der Waals surface area contributed by atoms with Crippen molar-refractivity contribution in [1.29, 1.82) is 0 Å². The minimum absolute atomic E-state index is 0.152. The predicted octanol–water partition coefficient (Wildman–Crippen LogP) is 2.03. The van der Waals surface area contributed by atoms with Crippen LogP contribution in [0.15, 0.2) is 0 Å². The third-order valence-electron chi connectivity index (χ3n) is 4.74. The van der Waals surface area contributed by atoms with Crippen LogP contribution in [0.3, 0.4) is 0 Å². The van der Waals surface area contributed by atoms with Crippen molar-refractivity contribution in [3.8, 4) is 0 Å². The molecule has 0 spiro atoms. The summed E-state index contributed by atoms with van der Waals surface area (Å²) in [4.78, 5) is 29.2. The molecule has 0 bridgehead atoms. The molecule has 4 heteroatoms. The second-order valence-corrected chi connectivity index (χ2v) is 6.75. The van der Waals surface area contributed by atoms with Gasteiger partial charge in [0.2, 0.25) is 11.8 Å². The molecule has 4 nitrogen and oxygen atoms in total. The third kappa shape index (κ3) is 2.15. The molecule has 2 unspecified atom stereocenters. The van der Waals surface area contributed by atoms with Crippen molar-refractivity contribution in [3.05, 3.63) is 0 Å². The fraction of sp³-hybridized carbons (Fsp3) is 0.867. The van der Waals surface area contributed by atoms with Gasteiger partial charge in [-0.3, -0.25) is 9.59 Å². The average molecular weight is 266 g/mol. The van der Waals surface area contributed by atoms with Crippen molar-refractivity contribution in [2.75, 3.05) is 6.54 Å². The summed E-state index contributed by atoms with van der Waals surface area (Å²) in [5.41, 5.74) is -0.254. The molecule has 2 aliphatic rings. The van der Waals surface area contributed by atoms with Crippen LogP contribution in [0.2, 0.25) is 0 Å². The average Bonchev–Trinajstić information content (AvgIpc) is 2.82. The molecular weight excluding hydrogens is 240 g/mol. The molecule has 0 aromatic carbocycles. The summed E-state index contributed by atoms with van der Waals surface area (Å²) in [6.45, 7) is 11.0. The third-order valence-corrected chi connectivity index (χ3v) is 4.74. The van der Waals surface area contributed by atoms with Crippen molar-refractivity contribution < 1.29 is 9.59 Å². The number of piperazine rings is 1. The van der Waals surface area contributed by atoms with Crippen LogP contribution in [-0.4, -0.2) is 45.8 Å². The normalized spacial score (nSPS) is 28.3. The van der Waals surface area contributed by atoms with Gasteiger partial charge in [0, 0.05) is 12.1 Å². The van der Waals surface area contributed by atoms with Gasteiger partial charge < -0.3 is 9.80 Å². The number of amides is 2. The van der Waals surface area contributed by atoms with Gasteiger partial charge in [-0.2, -0.15) is 0 Å². The highest BCUT2D eigenvalue weighted by atomic mass is 16.2. The van der Waals surface area contributed by atoms with Crippen molar-refractivity contribution in [1.82, 2.24) is 9.80 Å². The number of carbonyl (C=O) groups excluding carboxylic acids is 2. The Morgan fingerprint density at radius 2 is 1.89 bits per heavy atom. The first-order valence-corrected chi connectivity index (χ1v) is 7.45. The summed E-state index contributed by atoms with van der Waals surface area (Å²) in [7, 11) is 0. The molecule has 2 atom stereocenters. The van der Waals surface area contributed by atoms with E-state index in [1.165, 1.54) is 0 Å². The fourth-order valence-corrected chi connectivity index (χ4v) is 3.29. The van der Waals surface area contributed by atoms with Gasteiger partial charge in [0.15, 0.2) is 0 Å². The molecule has 2 saturated heterocycles. The zero-order valence-corrected chi connectivity index (χ0v) is 12.8. The first-order valence-electron chi connectivity index (χ1n) is 7.45. The summed E-state index contributed by atoms with van der Waals surface area (Å²) < 4.78 is 0. The Kier molecular flexibility index (Phi) is 3.63. The summed E-state index contributed by atoms with van der Waals surface area (Å²) in [6.07, 6.45) is 2.64. The molecule has 2 aliphatic heterocycles. The van der Waals surface area contributed by atoms with Gasteiger partial charge in [-0.25, -0.2) is 0 Å². The summed E-state index contributed by atoms with van der Waals surface area (Å²) in [5, 5.41) is 0. The molecule has 2 fully saturated rings. The molecule has 0 N–H and O–H groups in total. The van der Waals surface area contributed by atoms with Gasteiger partial charge in [-0.1, -0.05) is 20.8 Å². The maximum Gasteiger partial charge on any atom is 0.246 e. The van der Waals surface area contributed by atoms with E-state index < -0.39 is 0 Å². The van der Waals surface area contributed by atoms with E-state index in [1.807, 2.05) is 23.6 Å². The molecular formula is C15H26N2O2. The second kappa shape index (κ2) is 4.80. The molecule has 2 heterocycles. The summed E-state index contributed by atoms with van der Waals surface area (Å²) in [5.74, 6) is 0.463. The second-order valence-electron chi connectivity index (χ2n) is 6.75. The van der Waals surface area contributed by atoms with Crippen LogP contribution in [0, 0.1) is 5.92 Å². The smallest absolute Gasteiger partial charge is 0.246 e. The first kappa shape index (κ1) is 14.4. The van der Waals surface area contributed by atoms with Crippen molar-refractivity contribution in [2.45, 2.75) is 71.5 Å². The highest BCUT2D eigenvalue weighted by molar-refractivity contribution is 5.98. The van der Waals surface area contributed by atoms with Crippen LogP contribution < -0.4 is 0 Å². The van der Waals surface area contributed by atoms with E-state index in [4.69, 9.17) is 0 Å². The Bertz CT molecular complexity index is 390. The number of carbonyl (C=O) groups is 2. The highest BCUT2D eigenvalue weighted by Crippen LogP contribution is 2.35. The number of hydrogen-bond acceptors (Lipinski definition) is 2. The van der Waals surface area contributed by atoms with Gasteiger partial charge in [-0.05, 0) is 39.0 Å². The van der Waals surface area contributed by atoms with Crippen LogP contribution >= 0.6 is 0 Å². The quantitative estimate of drug-likeness (QED) is 0.784. The summed E-state index contributed by atoms with van der Waals surface area (Å²) in [6, 6.07) is -0.495. The van der Waals surface area contributed by atoms with E-state index in [0.29, 0.717) is 0 Å². The monoisotopic (exact) mass is 266 g/mol. The van der Waals surface area contributed by atoms with E-state index in [1.54, 1.807) is 0 Å². The van der Waals surface area contributed by atoms with Crippen LogP contribution in [0.1, 0.15) is 53.9 Å². The van der Waals surface area contributed by atoms with Crippen LogP contribution in [0.4, 0.5) is 0 Å². The van der Waals surface area contributed by atoms with Crippen molar-refractivity contribution >= 4 is 11.8 Å². The largest absolute Gasteiger partial charge is 0.329 e. The molecule has 0 radical (unpaired) electrons. The Morgan fingerprint density at radius 3 is 2.42 bits per heavy atom. The minimum Gasteiger partial charge on any atom is -0.329 e. The lowest BCUT2D eigenvalue weighted by atomic mass is 9.88. The number of fused-ring (bicyclic) bond motifs is 1. The standard InChI is InChI=1S/C15H26N2O2/c1-6-15(4,5)17-12(10(2)3)14(19)16-9-7-8-11(16)13(17)18/h10-12H,6-9H2,1-5H3. The SMILES string of the molecule is CCC(C)(C)N1C(=O)C2CCCN2C(=O)C1C(C)C. The minimum atomic E-state index is -0.295. The fourth-order valence-electron chi connectivity index (χ4n) is 3.29. The zero-order chi connectivity index (χ0) is 14.4. The molecule has 2 rings (SSSR count). The van der Waals surface area contributed by atoms with E-state index in [9.17, 15) is 9.59 Å². The maximum atomic E-state index is 12.8. The van der Waals surface area contributed by atoms with E-state index >= 15 is 0 Å². The molecule has 0 aromatic heterocycles. The van der Waals surface area contributed by atoms with Gasteiger partial charge >= 0.3 is 0 Å². The van der Waals surface area contributed by atoms with Crippen molar-refractivity contribution in [3.63, 3.8) is 0 Å². The van der Waals surface area contributed by atoms with Crippen molar-refractivity contribution in [2.24, 2.45) is 5.92 Å². The molecule has 2 amide bonds. The molecule has 108 valence electrons. The van der Waals surface area contributed by atoms with Gasteiger partial charge in [0.1, 0.15) is 12.1 Å². The lowest BCUT2D eigenvalue weighted by Crippen LogP contribution is -2.69. The van der Waals surface area contributed by atoms with E-state index in [0.717, 1.165) is 25.8 Å². The lowest BCUT2D eigenvalue weighted by Gasteiger charge is -2.51. The van der Waals surface area contributed by atoms with Gasteiger partial charge in [-0.15, -0.1) is 0 Å². The molecule has 0 saturated carbocycles. The number of hydrogen-bond donors (Lipinski definition) is 0. The Morgan fingerprint density at radius 1 is 1.26 bits per heavy atom. The van der Waals surface area contributed by atoms with E-state index in [2.05, 4.69) is 20.8 Å². The highest BCUT2D eigenvalue weighted by Gasteiger charge is 2.52. The van der Waals surface area contributed by atoms with Gasteiger partial charge in [0.25, 0.3) is 0 Å². The predicted molar refractivity (Wildman–Crippen MR) is 74.6 cm³/mol. The Balaban J connectivity index is 2.42. The first-order chi connectivity index (χ1) is 8.81. The topological polar surface area (TPSA) is 40.6 Å². The number of rotatable bonds is 3. The Hall–Kier alpha value is -1.06. The summed E-state index contributed by atoms with van der Waals surface area (Å²) >= 11 is 0. The zero-order valence-electron chi connectivity index (χ0n) is 12.8. The Labute approximate surface area is 116 Å². The lowest BCUT2D eigenvalue weighted by molar-refractivity contribution is -0.168. The van der Waals surface area contributed by atoms with E-state index in [-0.39, 0.29) is 35.4 Å². The van der Waals surface area contributed by atoms with Crippen LogP contribution in [-0.2, 0) is 9.59 Å². The maximum absolute atomic E-state index is 12.8. The molecule has 0 aromatic rings. The van der Waals surface area contributed by atoms with Crippen LogP contribution in [0.25, 0.3) is 0 Å². The molecule has 19 heavy (non-hydrogen) atoms. The molecule has 0 aliphatic carbocycles. The van der Waals surface area contributed by atoms with Gasteiger partial charge in [0.05, 0.1) is 0 Å². The van der Waals surface area contributed by atoms with Crippen LogP contribution in [0.5, 0.6) is 0 Å². The number of nitrogens with zero attached hydrogens (tertiary/aromatic N) is 2.